The van der Waals surface area contributed by atoms with Crippen LogP contribution in [0.4, 0.5) is 5.95 Å². The molecule has 1 aromatic carbocycles. The van der Waals surface area contributed by atoms with Gasteiger partial charge >= 0.3 is 0 Å². The molecule has 7 nitrogen and oxygen atoms in total. The summed E-state index contributed by atoms with van der Waals surface area (Å²) in [6.45, 7) is 0. The summed E-state index contributed by atoms with van der Waals surface area (Å²) in [6, 6.07) is 7.90. The Kier molecular flexibility index (Phi) is 5.40. The topological polar surface area (TPSA) is 94.3 Å². The lowest BCUT2D eigenvalue weighted by molar-refractivity contribution is 0.705. The van der Waals surface area contributed by atoms with Crippen molar-refractivity contribution >= 4 is 29.6 Å². The highest BCUT2D eigenvalue weighted by molar-refractivity contribution is 6.30. The van der Waals surface area contributed by atoms with Crippen LogP contribution in [0.2, 0.25) is 5.02 Å². The Hall–Kier alpha value is -3.06. The van der Waals surface area contributed by atoms with E-state index in [4.69, 9.17) is 27.4 Å². The van der Waals surface area contributed by atoms with Crippen molar-refractivity contribution < 1.29 is 0 Å². The predicted molar refractivity (Wildman–Crippen MR) is 116 cm³/mol. The molecular formula is C21H22ClN7. The van der Waals surface area contributed by atoms with Gasteiger partial charge in [-0.2, -0.15) is 10.1 Å². The second-order valence-corrected chi connectivity index (χ2v) is 7.43. The highest BCUT2D eigenvalue weighted by atomic mass is 35.5. The molecule has 0 unspecified atom stereocenters. The number of nitrogens with two attached hydrogens (primary N) is 1. The molecule has 0 amide bonds. The Balaban J connectivity index is 1.76. The molecular weight excluding hydrogens is 386 g/mol. The summed E-state index contributed by atoms with van der Waals surface area (Å²) in [5.74, 6) is 0.785. The van der Waals surface area contributed by atoms with Gasteiger partial charge in [-0.25, -0.2) is 9.97 Å². The Morgan fingerprint density at radius 3 is 3.00 bits per heavy atom. The molecule has 0 aliphatic heterocycles. The van der Waals surface area contributed by atoms with Crippen LogP contribution in [0, 0.1) is 0 Å². The van der Waals surface area contributed by atoms with Crippen molar-refractivity contribution in [1.29, 1.82) is 0 Å². The first-order valence-corrected chi connectivity index (χ1v) is 9.82. The van der Waals surface area contributed by atoms with Crippen molar-refractivity contribution in [3.8, 4) is 11.3 Å². The third kappa shape index (κ3) is 4.05. The van der Waals surface area contributed by atoms with Gasteiger partial charge in [0, 0.05) is 49.9 Å². The van der Waals surface area contributed by atoms with Crippen LogP contribution < -0.4 is 5.73 Å². The van der Waals surface area contributed by atoms with Gasteiger partial charge in [0.25, 0.3) is 5.95 Å². The van der Waals surface area contributed by atoms with Crippen molar-refractivity contribution in [3.63, 3.8) is 0 Å². The van der Waals surface area contributed by atoms with Crippen LogP contribution in [-0.2, 0) is 26.3 Å². The normalized spacial score (nSPS) is 13.6. The first-order valence-electron chi connectivity index (χ1n) is 9.44. The quantitative estimate of drug-likeness (QED) is 0.518. The number of halogens is 1. The van der Waals surface area contributed by atoms with Crippen LogP contribution >= 0.6 is 11.6 Å². The number of fused-ring (bicyclic) bond motifs is 3. The van der Waals surface area contributed by atoms with E-state index in [1.54, 1.807) is 13.3 Å². The third-order valence-corrected chi connectivity index (χ3v) is 5.18. The van der Waals surface area contributed by atoms with E-state index in [9.17, 15) is 0 Å². The van der Waals surface area contributed by atoms with Crippen molar-refractivity contribution in [2.75, 3.05) is 7.05 Å². The molecule has 0 fully saturated rings. The minimum atomic E-state index is 0.358. The largest absolute Gasteiger partial charge is 0.387 e. The summed E-state index contributed by atoms with van der Waals surface area (Å²) >= 11 is 6.18. The Bertz CT molecular complexity index is 1110. The fourth-order valence-corrected chi connectivity index (χ4v) is 3.79. The molecule has 2 heterocycles. The fraction of sp³-hybridized carbons (Fsp3) is 0.286. The summed E-state index contributed by atoms with van der Waals surface area (Å²) < 4.78 is 1.94. The zero-order valence-corrected chi connectivity index (χ0v) is 17.2. The second-order valence-electron chi connectivity index (χ2n) is 6.99. The highest BCUT2D eigenvalue weighted by Crippen LogP contribution is 2.36. The van der Waals surface area contributed by atoms with Gasteiger partial charge in [-0.3, -0.25) is 4.68 Å². The summed E-state index contributed by atoms with van der Waals surface area (Å²) in [6.07, 6.45) is 6.47. The number of nitrogens with zero attached hydrogens (tertiary/aromatic N) is 6. The standard InChI is InChI=1S/C21H22ClN7/c1-24-9-8-18(23)26-21-25-12-14-6-7-16-19(20(14)27-21)17(29(2)28-16)11-13-4-3-5-15(22)10-13/h3-5,9-10,12H,6-8,11H2,1-2H3,(H2,23,25,26,27). The maximum Gasteiger partial charge on any atom is 0.251 e. The molecule has 2 aromatic heterocycles. The summed E-state index contributed by atoms with van der Waals surface area (Å²) in [4.78, 5) is 17.4. The van der Waals surface area contributed by atoms with Crippen LogP contribution in [0.3, 0.4) is 0 Å². The van der Waals surface area contributed by atoms with Gasteiger partial charge in [0.1, 0.15) is 5.84 Å². The summed E-state index contributed by atoms with van der Waals surface area (Å²) in [5, 5.41) is 5.47. The maximum atomic E-state index is 6.18. The number of aliphatic imine (C=N–C) groups is 2. The van der Waals surface area contributed by atoms with Crippen LogP contribution in [0.25, 0.3) is 11.3 Å². The second kappa shape index (κ2) is 8.13. The number of hydrogen-bond donors (Lipinski definition) is 1. The van der Waals surface area contributed by atoms with Crippen molar-refractivity contribution in [2.45, 2.75) is 25.7 Å². The molecule has 1 aliphatic carbocycles. The van der Waals surface area contributed by atoms with E-state index in [0.29, 0.717) is 18.2 Å². The first-order chi connectivity index (χ1) is 14.0. The van der Waals surface area contributed by atoms with Gasteiger partial charge in [-0.05, 0) is 36.1 Å². The first kappa shape index (κ1) is 19.3. The number of amidine groups is 1. The van der Waals surface area contributed by atoms with Crippen molar-refractivity contribution in [2.24, 2.45) is 22.8 Å². The van der Waals surface area contributed by atoms with E-state index in [-0.39, 0.29) is 0 Å². The molecule has 0 radical (unpaired) electrons. The molecule has 0 saturated heterocycles. The average Bonchev–Trinajstić information content (AvgIpc) is 3.02. The summed E-state index contributed by atoms with van der Waals surface area (Å²) in [5.41, 5.74) is 12.3. The number of aryl methyl sites for hydroxylation is 3. The zero-order valence-electron chi connectivity index (χ0n) is 16.4. The lowest BCUT2D eigenvalue weighted by atomic mass is 9.91. The molecule has 0 bridgehead atoms. The van der Waals surface area contributed by atoms with Crippen molar-refractivity contribution in [1.82, 2.24) is 19.7 Å². The van der Waals surface area contributed by atoms with Gasteiger partial charge in [0.05, 0.1) is 17.1 Å². The van der Waals surface area contributed by atoms with Gasteiger partial charge in [-0.1, -0.05) is 23.7 Å². The maximum absolute atomic E-state index is 6.18. The lowest BCUT2D eigenvalue weighted by Gasteiger charge is -2.16. The van der Waals surface area contributed by atoms with Gasteiger partial charge < -0.3 is 10.7 Å². The number of aromatic nitrogens is 4. The predicted octanol–water partition coefficient (Wildman–Crippen LogP) is 3.30. The van der Waals surface area contributed by atoms with E-state index >= 15 is 0 Å². The molecule has 148 valence electrons. The van der Waals surface area contributed by atoms with E-state index in [2.05, 4.69) is 21.0 Å². The van der Waals surface area contributed by atoms with Gasteiger partial charge in [-0.15, -0.1) is 0 Å². The number of benzene rings is 1. The Morgan fingerprint density at radius 1 is 1.34 bits per heavy atom. The van der Waals surface area contributed by atoms with Crippen LogP contribution in [-0.4, -0.2) is 38.8 Å². The zero-order chi connectivity index (χ0) is 20.4. The number of rotatable bonds is 5. The average molecular weight is 408 g/mol. The van der Waals surface area contributed by atoms with E-state index < -0.39 is 0 Å². The van der Waals surface area contributed by atoms with E-state index in [1.807, 2.05) is 36.1 Å². The highest BCUT2D eigenvalue weighted by Gasteiger charge is 2.26. The molecule has 4 rings (SSSR count). The molecule has 8 heteroatoms. The molecule has 1 aliphatic rings. The molecule has 0 atom stereocenters. The molecule has 2 N–H and O–H groups in total. The monoisotopic (exact) mass is 407 g/mol. The van der Waals surface area contributed by atoms with E-state index in [1.165, 1.54) is 0 Å². The SMILES string of the molecule is CN=CCC(N)=Nc1ncc2c(n1)-c1c(nn(C)c1Cc1cccc(Cl)c1)CC2. The van der Waals surface area contributed by atoms with Crippen LogP contribution in [0.5, 0.6) is 0 Å². The smallest absolute Gasteiger partial charge is 0.251 e. The number of hydrogen-bond acceptors (Lipinski definition) is 5. The molecule has 29 heavy (non-hydrogen) atoms. The molecule has 0 spiro atoms. The third-order valence-electron chi connectivity index (χ3n) is 4.95. The summed E-state index contributed by atoms with van der Waals surface area (Å²) in [7, 11) is 3.67. The Morgan fingerprint density at radius 2 is 2.21 bits per heavy atom. The molecule has 3 aromatic rings. The Labute approximate surface area is 174 Å². The minimum Gasteiger partial charge on any atom is -0.387 e. The van der Waals surface area contributed by atoms with E-state index in [0.717, 1.165) is 58.1 Å². The van der Waals surface area contributed by atoms with Crippen LogP contribution in [0.15, 0.2) is 40.4 Å². The minimum absolute atomic E-state index is 0.358. The lowest BCUT2D eigenvalue weighted by Crippen LogP contribution is -2.12. The molecule has 0 saturated carbocycles. The van der Waals surface area contributed by atoms with Gasteiger partial charge in [0.2, 0.25) is 0 Å². The van der Waals surface area contributed by atoms with Crippen LogP contribution in [0.1, 0.15) is 28.9 Å². The fourth-order valence-electron chi connectivity index (χ4n) is 3.57. The van der Waals surface area contributed by atoms with Gasteiger partial charge in [0.15, 0.2) is 0 Å². The van der Waals surface area contributed by atoms with Crippen molar-refractivity contribution in [3.05, 3.63) is 58.0 Å².